The smallest absolute Gasteiger partial charge is 0.319 e. The number of benzene rings is 1. The largest absolute Gasteiger partial charge is 0.338 e. The number of pyridine rings is 1. The van der Waals surface area contributed by atoms with E-state index in [1.54, 1.807) is 24.5 Å². The molecule has 2 rings (SSSR count). The molecule has 1 aromatic carbocycles. The van der Waals surface area contributed by atoms with E-state index in [-0.39, 0.29) is 6.03 Å². The number of rotatable bonds is 4. The Kier molecular flexibility index (Phi) is 4.50. The molecule has 0 saturated carbocycles. The van der Waals surface area contributed by atoms with Crippen LogP contribution in [0, 0.1) is 6.92 Å². The number of nitrogens with one attached hydrogen (secondary N) is 2. The summed E-state index contributed by atoms with van der Waals surface area (Å²) in [6.45, 7) is 2.67. The van der Waals surface area contributed by atoms with Gasteiger partial charge in [-0.2, -0.15) is 0 Å². The number of hydrogen-bond acceptors (Lipinski definition) is 2. The van der Waals surface area contributed by atoms with Gasteiger partial charge in [0.2, 0.25) is 0 Å². The molecule has 0 saturated heterocycles. The zero-order valence-corrected chi connectivity index (χ0v) is 10.9. The van der Waals surface area contributed by atoms with Gasteiger partial charge in [-0.1, -0.05) is 29.8 Å². The first-order valence-corrected chi connectivity index (χ1v) is 6.24. The SMILES string of the molecule is Cc1ccc(CCNC(=O)Nc2ccncc2)cc1. The normalized spacial score (nSPS) is 9.95. The van der Waals surface area contributed by atoms with Crippen molar-refractivity contribution in [1.82, 2.24) is 10.3 Å². The van der Waals surface area contributed by atoms with Gasteiger partial charge in [0.1, 0.15) is 0 Å². The molecule has 0 aliphatic carbocycles. The summed E-state index contributed by atoms with van der Waals surface area (Å²) in [4.78, 5) is 15.5. The van der Waals surface area contributed by atoms with Gasteiger partial charge >= 0.3 is 6.03 Å². The van der Waals surface area contributed by atoms with Gasteiger partial charge in [-0.15, -0.1) is 0 Å². The van der Waals surface area contributed by atoms with Crippen LogP contribution in [0.2, 0.25) is 0 Å². The number of aromatic nitrogens is 1. The van der Waals surface area contributed by atoms with Crippen LogP contribution in [0.5, 0.6) is 0 Å². The van der Waals surface area contributed by atoms with Crippen molar-refractivity contribution in [2.45, 2.75) is 13.3 Å². The second-order valence-corrected chi connectivity index (χ2v) is 4.35. The van der Waals surface area contributed by atoms with Crippen molar-refractivity contribution < 1.29 is 4.79 Å². The fourth-order valence-electron chi connectivity index (χ4n) is 1.69. The van der Waals surface area contributed by atoms with Gasteiger partial charge in [0.05, 0.1) is 0 Å². The van der Waals surface area contributed by atoms with E-state index in [4.69, 9.17) is 0 Å². The van der Waals surface area contributed by atoms with E-state index in [1.165, 1.54) is 11.1 Å². The van der Waals surface area contributed by atoms with Crippen LogP contribution in [0.3, 0.4) is 0 Å². The predicted molar refractivity (Wildman–Crippen MR) is 76.1 cm³/mol. The first kappa shape index (κ1) is 13.1. The van der Waals surface area contributed by atoms with Crippen LogP contribution in [0.25, 0.3) is 0 Å². The number of anilines is 1. The second-order valence-electron chi connectivity index (χ2n) is 4.35. The van der Waals surface area contributed by atoms with E-state index in [2.05, 4.69) is 46.8 Å². The van der Waals surface area contributed by atoms with E-state index in [0.29, 0.717) is 6.54 Å². The molecule has 0 aliphatic heterocycles. The number of carbonyl (C=O) groups excluding carboxylic acids is 1. The lowest BCUT2D eigenvalue weighted by molar-refractivity contribution is 0.252. The van der Waals surface area contributed by atoms with Crippen molar-refractivity contribution in [3.05, 3.63) is 59.9 Å². The Morgan fingerprint density at radius 1 is 1.11 bits per heavy atom. The maximum Gasteiger partial charge on any atom is 0.319 e. The summed E-state index contributed by atoms with van der Waals surface area (Å²) in [5, 5.41) is 5.57. The molecule has 0 bridgehead atoms. The molecule has 1 aromatic heterocycles. The number of amides is 2. The van der Waals surface area contributed by atoms with E-state index in [0.717, 1.165) is 12.1 Å². The van der Waals surface area contributed by atoms with Crippen LogP contribution < -0.4 is 10.6 Å². The van der Waals surface area contributed by atoms with E-state index < -0.39 is 0 Å². The van der Waals surface area contributed by atoms with Crippen molar-refractivity contribution >= 4 is 11.7 Å². The van der Waals surface area contributed by atoms with E-state index in [1.807, 2.05) is 0 Å². The summed E-state index contributed by atoms with van der Waals surface area (Å²) in [5.41, 5.74) is 3.20. The van der Waals surface area contributed by atoms with E-state index >= 15 is 0 Å². The fourth-order valence-corrected chi connectivity index (χ4v) is 1.69. The summed E-state index contributed by atoms with van der Waals surface area (Å²) in [7, 11) is 0. The minimum Gasteiger partial charge on any atom is -0.338 e. The van der Waals surface area contributed by atoms with Crippen molar-refractivity contribution in [1.29, 1.82) is 0 Å². The Hall–Kier alpha value is -2.36. The standard InChI is InChI=1S/C15H17N3O/c1-12-2-4-13(5-3-12)6-11-17-15(19)18-14-7-9-16-10-8-14/h2-5,7-10H,6,11H2,1H3,(H2,16,17,18,19). The fraction of sp³-hybridized carbons (Fsp3) is 0.200. The minimum atomic E-state index is -0.196. The highest BCUT2D eigenvalue weighted by Crippen LogP contribution is 2.04. The first-order chi connectivity index (χ1) is 9.24. The maximum absolute atomic E-state index is 11.6. The van der Waals surface area contributed by atoms with Crippen molar-refractivity contribution in [2.75, 3.05) is 11.9 Å². The van der Waals surface area contributed by atoms with Gasteiger partial charge in [-0.05, 0) is 31.0 Å². The maximum atomic E-state index is 11.6. The third kappa shape index (κ3) is 4.43. The number of aryl methyl sites for hydroxylation is 1. The number of carbonyl (C=O) groups is 1. The van der Waals surface area contributed by atoms with Crippen LogP contribution in [-0.4, -0.2) is 17.6 Å². The molecule has 4 nitrogen and oxygen atoms in total. The zero-order valence-electron chi connectivity index (χ0n) is 10.9. The van der Waals surface area contributed by atoms with Crippen molar-refractivity contribution in [3.8, 4) is 0 Å². The highest BCUT2D eigenvalue weighted by molar-refractivity contribution is 5.89. The molecular weight excluding hydrogens is 238 g/mol. The van der Waals surface area contributed by atoms with E-state index in [9.17, 15) is 4.79 Å². The minimum absolute atomic E-state index is 0.196. The molecule has 98 valence electrons. The zero-order chi connectivity index (χ0) is 13.5. The molecule has 0 spiro atoms. The Labute approximate surface area is 112 Å². The Balaban J connectivity index is 1.74. The highest BCUT2D eigenvalue weighted by Gasteiger charge is 2.00. The number of hydrogen-bond donors (Lipinski definition) is 2. The summed E-state index contributed by atoms with van der Waals surface area (Å²) in [6.07, 6.45) is 4.11. The molecule has 0 radical (unpaired) electrons. The lowest BCUT2D eigenvalue weighted by Crippen LogP contribution is -2.30. The molecule has 0 unspecified atom stereocenters. The van der Waals surface area contributed by atoms with Crippen LogP contribution in [0.15, 0.2) is 48.8 Å². The molecule has 19 heavy (non-hydrogen) atoms. The van der Waals surface area contributed by atoms with Crippen molar-refractivity contribution in [2.24, 2.45) is 0 Å². The van der Waals surface area contributed by atoms with Gasteiger partial charge in [0, 0.05) is 24.6 Å². The Morgan fingerprint density at radius 2 is 1.79 bits per heavy atom. The summed E-state index contributed by atoms with van der Waals surface area (Å²) in [6, 6.07) is 11.6. The van der Waals surface area contributed by atoms with Gasteiger partial charge < -0.3 is 10.6 Å². The lowest BCUT2D eigenvalue weighted by Gasteiger charge is -2.07. The molecular formula is C15H17N3O. The van der Waals surface area contributed by atoms with Gasteiger partial charge in [-0.25, -0.2) is 4.79 Å². The second kappa shape index (κ2) is 6.54. The van der Waals surface area contributed by atoms with Crippen LogP contribution in [-0.2, 0) is 6.42 Å². The molecule has 0 aliphatic rings. The summed E-state index contributed by atoms with van der Waals surface area (Å²) >= 11 is 0. The van der Waals surface area contributed by atoms with Crippen LogP contribution in [0.1, 0.15) is 11.1 Å². The predicted octanol–water partition coefficient (Wildman–Crippen LogP) is 2.75. The Bertz CT molecular complexity index is 523. The Morgan fingerprint density at radius 3 is 2.47 bits per heavy atom. The number of nitrogens with zero attached hydrogens (tertiary/aromatic N) is 1. The molecule has 2 aromatic rings. The average Bonchev–Trinajstić information content (AvgIpc) is 2.42. The van der Waals surface area contributed by atoms with Gasteiger partial charge in [-0.3, -0.25) is 4.98 Å². The molecule has 2 N–H and O–H groups in total. The van der Waals surface area contributed by atoms with Crippen molar-refractivity contribution in [3.63, 3.8) is 0 Å². The molecule has 1 heterocycles. The molecule has 0 atom stereocenters. The summed E-state index contributed by atoms with van der Waals surface area (Å²) < 4.78 is 0. The van der Waals surface area contributed by atoms with Crippen LogP contribution in [0.4, 0.5) is 10.5 Å². The number of urea groups is 1. The lowest BCUT2D eigenvalue weighted by atomic mass is 10.1. The molecule has 2 amide bonds. The quantitative estimate of drug-likeness (QED) is 0.882. The first-order valence-electron chi connectivity index (χ1n) is 6.24. The van der Waals surface area contributed by atoms with Crippen LogP contribution >= 0.6 is 0 Å². The van der Waals surface area contributed by atoms with Gasteiger partial charge in [0.25, 0.3) is 0 Å². The third-order valence-electron chi connectivity index (χ3n) is 2.76. The van der Waals surface area contributed by atoms with Gasteiger partial charge in [0.15, 0.2) is 0 Å². The topological polar surface area (TPSA) is 54.0 Å². The molecule has 0 fully saturated rings. The third-order valence-corrected chi connectivity index (χ3v) is 2.76. The highest BCUT2D eigenvalue weighted by atomic mass is 16.2. The summed E-state index contributed by atoms with van der Waals surface area (Å²) in [5.74, 6) is 0. The average molecular weight is 255 g/mol. The monoisotopic (exact) mass is 255 g/mol. The molecule has 4 heteroatoms.